The molecular formula is C31H41N7O3. The van der Waals surface area contributed by atoms with Crippen molar-refractivity contribution in [3.05, 3.63) is 59.7 Å². The van der Waals surface area contributed by atoms with Gasteiger partial charge in [-0.2, -0.15) is 5.10 Å². The van der Waals surface area contributed by atoms with Crippen molar-refractivity contribution in [1.29, 1.82) is 0 Å². The number of aryl methyl sites for hydroxylation is 1. The van der Waals surface area contributed by atoms with E-state index in [4.69, 9.17) is 0 Å². The quantitative estimate of drug-likeness (QED) is 0.431. The van der Waals surface area contributed by atoms with Crippen molar-refractivity contribution < 1.29 is 14.4 Å². The monoisotopic (exact) mass is 559 g/mol. The molecule has 3 aromatic rings. The Balaban J connectivity index is 1.59. The van der Waals surface area contributed by atoms with Crippen LogP contribution >= 0.6 is 0 Å². The van der Waals surface area contributed by atoms with Gasteiger partial charge >= 0.3 is 6.03 Å². The number of likely N-dealkylation sites (N-methyl/N-ethyl adjacent to an activating group) is 1. The van der Waals surface area contributed by atoms with Gasteiger partial charge < -0.3 is 20.4 Å². The Morgan fingerprint density at radius 1 is 1.05 bits per heavy atom. The van der Waals surface area contributed by atoms with E-state index in [2.05, 4.69) is 34.6 Å². The second-order valence-corrected chi connectivity index (χ2v) is 12.5. The summed E-state index contributed by atoms with van der Waals surface area (Å²) in [5.74, 6) is -0.224. The van der Waals surface area contributed by atoms with Gasteiger partial charge in [0.25, 0.3) is 5.91 Å². The maximum Gasteiger partial charge on any atom is 0.323 e. The number of anilines is 2. The van der Waals surface area contributed by atoms with Crippen LogP contribution in [0.25, 0.3) is 11.1 Å². The number of nitrogens with zero attached hydrogens (tertiary/aromatic N) is 5. The van der Waals surface area contributed by atoms with Crippen LogP contribution in [0.5, 0.6) is 0 Å². The lowest BCUT2D eigenvalue weighted by atomic mass is 9.97. The summed E-state index contributed by atoms with van der Waals surface area (Å²) in [6.07, 6.45) is 3.51. The maximum absolute atomic E-state index is 13.8. The smallest absolute Gasteiger partial charge is 0.323 e. The first-order chi connectivity index (χ1) is 19.1. The number of aromatic nitrogens is 3. The van der Waals surface area contributed by atoms with E-state index in [1.165, 1.54) is 4.90 Å². The molecule has 10 heteroatoms. The lowest BCUT2D eigenvalue weighted by molar-refractivity contribution is -0.144. The summed E-state index contributed by atoms with van der Waals surface area (Å²) < 4.78 is 1.65. The molecule has 4 amide bonds. The lowest BCUT2D eigenvalue weighted by Gasteiger charge is -2.44. The van der Waals surface area contributed by atoms with E-state index in [-0.39, 0.29) is 17.3 Å². The molecule has 0 saturated carbocycles. The summed E-state index contributed by atoms with van der Waals surface area (Å²) in [7, 11) is 1.73. The molecule has 1 aliphatic rings. The Labute approximate surface area is 242 Å². The molecule has 0 spiro atoms. The summed E-state index contributed by atoms with van der Waals surface area (Å²) in [5.41, 5.74) is 3.46. The van der Waals surface area contributed by atoms with Crippen molar-refractivity contribution in [1.82, 2.24) is 24.6 Å². The molecule has 41 heavy (non-hydrogen) atoms. The zero-order chi connectivity index (χ0) is 30.3. The fourth-order valence-corrected chi connectivity index (χ4v) is 4.87. The minimum Gasteiger partial charge on any atom is -0.342 e. The molecule has 1 saturated heterocycles. The first kappa shape index (κ1) is 29.8. The standard InChI is InChI=1S/C31H41N7O3/c1-19(2)24-13-11-21(17-32-24)23-16-22(12-10-20(23)3)33-29(41)34-25-18-38(30(4,5)6)35-26(25)27(39)37-15-14-36(9)28(40)31(37,7)8/h10-13,16-19H,14-15H2,1-9H3,(H2,33,34,41). The first-order valence-electron chi connectivity index (χ1n) is 13.9. The number of benzene rings is 1. The molecule has 0 radical (unpaired) electrons. The number of amides is 4. The summed E-state index contributed by atoms with van der Waals surface area (Å²) in [6, 6.07) is 9.23. The van der Waals surface area contributed by atoms with Gasteiger partial charge in [0.1, 0.15) is 5.54 Å². The van der Waals surface area contributed by atoms with E-state index < -0.39 is 23.0 Å². The maximum atomic E-state index is 13.8. The van der Waals surface area contributed by atoms with Crippen molar-refractivity contribution in [2.45, 2.75) is 72.4 Å². The van der Waals surface area contributed by atoms with Gasteiger partial charge in [0.2, 0.25) is 5.91 Å². The zero-order valence-electron chi connectivity index (χ0n) is 25.5. The van der Waals surface area contributed by atoms with Crippen LogP contribution in [-0.2, 0) is 10.3 Å². The number of hydrogen-bond donors (Lipinski definition) is 2. The van der Waals surface area contributed by atoms with Crippen LogP contribution < -0.4 is 10.6 Å². The highest BCUT2D eigenvalue weighted by Crippen LogP contribution is 2.29. The third-order valence-electron chi connectivity index (χ3n) is 7.49. The zero-order valence-corrected chi connectivity index (χ0v) is 25.5. The summed E-state index contributed by atoms with van der Waals surface area (Å²) in [4.78, 5) is 47.6. The highest BCUT2D eigenvalue weighted by Gasteiger charge is 2.44. The van der Waals surface area contributed by atoms with Crippen LogP contribution in [0.2, 0.25) is 0 Å². The molecule has 1 aromatic carbocycles. The first-order valence-corrected chi connectivity index (χ1v) is 13.9. The van der Waals surface area contributed by atoms with Gasteiger partial charge in [-0.05, 0) is 76.8 Å². The van der Waals surface area contributed by atoms with Crippen LogP contribution in [0.1, 0.15) is 76.1 Å². The van der Waals surface area contributed by atoms with Crippen LogP contribution in [0.15, 0.2) is 42.7 Å². The van der Waals surface area contributed by atoms with E-state index in [9.17, 15) is 14.4 Å². The molecule has 1 fully saturated rings. The van der Waals surface area contributed by atoms with Gasteiger partial charge in [-0.1, -0.05) is 26.0 Å². The topological polar surface area (TPSA) is 112 Å². The fraction of sp³-hybridized carbons (Fsp3) is 0.452. The summed E-state index contributed by atoms with van der Waals surface area (Å²) >= 11 is 0. The lowest BCUT2D eigenvalue weighted by Crippen LogP contribution is -2.63. The molecule has 0 atom stereocenters. The van der Waals surface area contributed by atoms with Crippen LogP contribution in [-0.4, -0.2) is 68.1 Å². The third-order valence-corrected chi connectivity index (χ3v) is 7.49. The molecule has 218 valence electrons. The van der Waals surface area contributed by atoms with Gasteiger partial charge in [-0.15, -0.1) is 0 Å². The van der Waals surface area contributed by atoms with Gasteiger partial charge in [0.15, 0.2) is 5.69 Å². The third kappa shape index (κ3) is 6.11. The SMILES string of the molecule is Cc1ccc(NC(=O)Nc2cn(C(C)(C)C)nc2C(=O)N2CCN(C)C(=O)C2(C)C)cc1-c1ccc(C(C)C)nc1. The molecule has 4 rings (SSSR count). The van der Waals surface area contributed by atoms with E-state index in [1.54, 1.807) is 36.7 Å². The Morgan fingerprint density at radius 2 is 1.76 bits per heavy atom. The largest absolute Gasteiger partial charge is 0.342 e. The van der Waals surface area contributed by atoms with E-state index in [0.717, 1.165) is 22.4 Å². The normalized spacial score (nSPS) is 15.3. The Kier molecular flexibility index (Phi) is 7.98. The molecular weight excluding hydrogens is 518 g/mol. The number of pyridine rings is 1. The van der Waals surface area contributed by atoms with E-state index in [0.29, 0.717) is 24.7 Å². The number of carbonyl (C=O) groups is 3. The number of carbonyl (C=O) groups excluding carboxylic acids is 3. The molecule has 3 heterocycles. The van der Waals surface area contributed by atoms with Crippen LogP contribution in [0.3, 0.4) is 0 Å². The summed E-state index contributed by atoms with van der Waals surface area (Å²) in [5, 5.41) is 10.3. The van der Waals surface area contributed by atoms with Crippen molar-refractivity contribution in [2.75, 3.05) is 30.8 Å². The number of urea groups is 1. The van der Waals surface area contributed by atoms with E-state index in [1.807, 2.05) is 64.2 Å². The van der Waals surface area contributed by atoms with Gasteiger partial charge in [-0.3, -0.25) is 19.3 Å². The van der Waals surface area contributed by atoms with Crippen molar-refractivity contribution in [3.8, 4) is 11.1 Å². The molecule has 0 aliphatic carbocycles. The summed E-state index contributed by atoms with van der Waals surface area (Å²) in [6.45, 7) is 16.3. The van der Waals surface area contributed by atoms with Gasteiger partial charge in [0, 0.05) is 43.3 Å². The molecule has 10 nitrogen and oxygen atoms in total. The molecule has 0 bridgehead atoms. The highest BCUT2D eigenvalue weighted by atomic mass is 16.2. The van der Waals surface area contributed by atoms with Crippen molar-refractivity contribution >= 4 is 29.2 Å². The second kappa shape index (κ2) is 11.0. The Bertz CT molecular complexity index is 1470. The van der Waals surface area contributed by atoms with Crippen molar-refractivity contribution in [3.63, 3.8) is 0 Å². The van der Waals surface area contributed by atoms with Crippen LogP contribution in [0, 0.1) is 6.92 Å². The highest BCUT2D eigenvalue weighted by molar-refractivity contribution is 6.07. The predicted octanol–water partition coefficient (Wildman–Crippen LogP) is 5.47. The Morgan fingerprint density at radius 3 is 2.37 bits per heavy atom. The number of rotatable bonds is 5. The van der Waals surface area contributed by atoms with Crippen LogP contribution in [0.4, 0.5) is 16.2 Å². The van der Waals surface area contributed by atoms with Gasteiger partial charge in [-0.25, -0.2) is 4.79 Å². The number of piperazine rings is 1. The minimum absolute atomic E-state index is 0.0846. The van der Waals surface area contributed by atoms with E-state index >= 15 is 0 Å². The molecule has 0 unspecified atom stereocenters. The Hall–Kier alpha value is -4.21. The number of nitrogens with one attached hydrogen (secondary N) is 2. The fourth-order valence-electron chi connectivity index (χ4n) is 4.87. The second-order valence-electron chi connectivity index (χ2n) is 12.5. The molecule has 2 aromatic heterocycles. The average Bonchev–Trinajstić information content (AvgIpc) is 3.32. The predicted molar refractivity (Wildman–Crippen MR) is 161 cm³/mol. The molecule has 1 aliphatic heterocycles. The average molecular weight is 560 g/mol. The van der Waals surface area contributed by atoms with Gasteiger partial charge in [0.05, 0.1) is 17.4 Å². The number of hydrogen-bond acceptors (Lipinski definition) is 5. The molecule has 2 N–H and O–H groups in total. The van der Waals surface area contributed by atoms with Crippen molar-refractivity contribution in [2.24, 2.45) is 0 Å². The minimum atomic E-state index is -1.05.